The molecule has 1 unspecified atom stereocenters. The van der Waals surface area contributed by atoms with Gasteiger partial charge in [0.25, 0.3) is 5.91 Å². The number of ether oxygens (including phenoxy) is 1. The molecule has 8 nitrogen and oxygen atoms in total. The highest BCUT2D eigenvalue weighted by atomic mass is 19.1. The van der Waals surface area contributed by atoms with E-state index < -0.39 is 11.6 Å². The number of halogens is 2. The van der Waals surface area contributed by atoms with Gasteiger partial charge in [-0.15, -0.1) is 0 Å². The zero-order valence-electron chi connectivity index (χ0n) is 20.3. The molecule has 3 atom stereocenters. The van der Waals surface area contributed by atoms with Crippen molar-refractivity contribution in [2.24, 2.45) is 0 Å². The number of piperidine rings is 1. The van der Waals surface area contributed by atoms with Crippen LogP contribution in [0.1, 0.15) is 54.1 Å². The summed E-state index contributed by atoms with van der Waals surface area (Å²) in [6.45, 7) is 1.07. The van der Waals surface area contributed by atoms with E-state index in [9.17, 15) is 18.4 Å². The number of aromatic amines is 1. The predicted octanol–water partition coefficient (Wildman–Crippen LogP) is 4.83. The first-order valence-electron chi connectivity index (χ1n) is 12.5. The van der Waals surface area contributed by atoms with Crippen LogP contribution in [0.5, 0.6) is 5.75 Å². The van der Waals surface area contributed by atoms with Crippen LogP contribution >= 0.6 is 0 Å². The number of rotatable bonds is 6. The molecule has 1 saturated heterocycles. The summed E-state index contributed by atoms with van der Waals surface area (Å²) in [5.41, 5.74) is 1.94. The highest BCUT2D eigenvalue weighted by molar-refractivity contribution is 6.04. The van der Waals surface area contributed by atoms with Gasteiger partial charge in [-0.2, -0.15) is 5.10 Å². The Morgan fingerprint density at radius 3 is 2.59 bits per heavy atom. The summed E-state index contributed by atoms with van der Waals surface area (Å²) in [6, 6.07) is 11.6. The fraction of sp³-hybridized carbons (Fsp3) is 0.370. The summed E-state index contributed by atoms with van der Waals surface area (Å²) in [7, 11) is 0. The second kappa shape index (κ2) is 11.0. The number of carbonyl (C=O) groups is 2. The van der Waals surface area contributed by atoms with E-state index in [1.54, 1.807) is 35.4 Å². The lowest BCUT2D eigenvalue weighted by Gasteiger charge is -2.34. The average Bonchev–Trinajstić information content (AvgIpc) is 3.53. The zero-order chi connectivity index (χ0) is 25.8. The van der Waals surface area contributed by atoms with Crippen LogP contribution in [-0.2, 0) is 0 Å². The first-order valence-corrected chi connectivity index (χ1v) is 12.5. The number of hydrogen-bond donors (Lipinski definition) is 3. The number of hydrogen-bond acceptors (Lipinski definition) is 4. The maximum Gasteiger partial charge on any atom is 0.317 e. The third-order valence-corrected chi connectivity index (χ3v) is 6.95. The van der Waals surface area contributed by atoms with Crippen LogP contribution in [0, 0.1) is 11.6 Å². The van der Waals surface area contributed by atoms with Gasteiger partial charge in [-0.3, -0.25) is 9.89 Å². The third kappa shape index (κ3) is 5.90. The molecule has 10 heteroatoms. The van der Waals surface area contributed by atoms with Crippen LogP contribution in [-0.4, -0.2) is 52.3 Å². The number of urea groups is 1. The average molecular weight is 510 g/mol. The third-order valence-electron chi connectivity index (χ3n) is 6.95. The lowest BCUT2D eigenvalue weighted by molar-refractivity contribution is 0.102. The van der Waals surface area contributed by atoms with E-state index >= 15 is 0 Å². The van der Waals surface area contributed by atoms with Gasteiger partial charge in [0.05, 0.1) is 23.6 Å². The molecule has 3 N–H and O–H groups in total. The number of nitrogens with one attached hydrogen (secondary N) is 3. The molecule has 2 fully saturated rings. The largest absolute Gasteiger partial charge is 0.488 e. The standard InChI is InChI=1S/C27H29F2N5O3/c28-19-12-20(29)14-21(13-19)37-24-10-4-9-22(24)32-27(36)34-11-5-8-18(16-34)25-23(15-30-33-25)31-26(35)17-6-2-1-3-7-17/h1-3,6-7,12-15,18,22,24H,4-5,8-11,16H2,(H,30,33)(H,31,35)(H,32,36)/t18?,22-,24+/m0/s1. The van der Waals surface area contributed by atoms with E-state index in [4.69, 9.17) is 4.74 Å². The molecule has 1 aromatic heterocycles. The summed E-state index contributed by atoms with van der Waals surface area (Å²) in [6.07, 6.45) is 5.13. The van der Waals surface area contributed by atoms with Gasteiger partial charge in [0.2, 0.25) is 0 Å². The van der Waals surface area contributed by atoms with E-state index in [0.717, 1.165) is 49.6 Å². The molecular formula is C27H29F2N5O3. The number of anilines is 1. The van der Waals surface area contributed by atoms with Crippen molar-refractivity contribution >= 4 is 17.6 Å². The summed E-state index contributed by atoms with van der Waals surface area (Å²) in [4.78, 5) is 27.6. The molecule has 1 aliphatic heterocycles. The Balaban J connectivity index is 1.20. The Morgan fingerprint density at radius 1 is 1.03 bits per heavy atom. The maximum absolute atomic E-state index is 13.6. The van der Waals surface area contributed by atoms with Crippen LogP contribution in [0.4, 0.5) is 19.3 Å². The molecule has 3 aromatic rings. The van der Waals surface area contributed by atoms with Crippen LogP contribution in [0.2, 0.25) is 0 Å². The van der Waals surface area contributed by atoms with Crippen LogP contribution in [0.15, 0.2) is 54.7 Å². The lowest BCUT2D eigenvalue weighted by Crippen LogP contribution is -2.51. The molecule has 1 saturated carbocycles. The van der Waals surface area contributed by atoms with Crippen LogP contribution < -0.4 is 15.4 Å². The Kier molecular flexibility index (Phi) is 7.34. The number of H-pyrrole nitrogens is 1. The number of aromatic nitrogens is 2. The number of amides is 3. The van der Waals surface area contributed by atoms with Gasteiger partial charge in [-0.25, -0.2) is 13.6 Å². The molecule has 2 aliphatic rings. The van der Waals surface area contributed by atoms with Gasteiger partial charge in [-0.05, 0) is 44.2 Å². The van der Waals surface area contributed by atoms with Crippen molar-refractivity contribution in [1.29, 1.82) is 0 Å². The van der Waals surface area contributed by atoms with E-state index in [-0.39, 0.29) is 35.8 Å². The Bertz CT molecular complexity index is 1230. The van der Waals surface area contributed by atoms with Gasteiger partial charge in [0.15, 0.2) is 0 Å². The van der Waals surface area contributed by atoms with Crippen molar-refractivity contribution < 1.29 is 23.1 Å². The molecular weight excluding hydrogens is 480 g/mol. The molecule has 2 heterocycles. The van der Waals surface area contributed by atoms with Gasteiger partial charge in [-0.1, -0.05) is 18.2 Å². The minimum Gasteiger partial charge on any atom is -0.488 e. The molecule has 194 valence electrons. The van der Waals surface area contributed by atoms with Crippen LogP contribution in [0.3, 0.4) is 0 Å². The number of likely N-dealkylation sites (tertiary alicyclic amines) is 1. The number of benzene rings is 2. The minimum absolute atomic E-state index is 0.0148. The monoisotopic (exact) mass is 509 g/mol. The van der Waals surface area contributed by atoms with E-state index in [1.165, 1.54) is 0 Å². The van der Waals surface area contributed by atoms with Crippen molar-refractivity contribution in [3.63, 3.8) is 0 Å². The molecule has 0 bridgehead atoms. The van der Waals surface area contributed by atoms with Crippen LogP contribution in [0.25, 0.3) is 0 Å². The zero-order valence-corrected chi connectivity index (χ0v) is 20.3. The second-order valence-corrected chi connectivity index (χ2v) is 9.55. The summed E-state index contributed by atoms with van der Waals surface area (Å²) in [5.74, 6) is -1.53. The van der Waals surface area contributed by atoms with Gasteiger partial charge in [0, 0.05) is 42.8 Å². The lowest BCUT2D eigenvalue weighted by atomic mass is 9.94. The van der Waals surface area contributed by atoms with Crippen molar-refractivity contribution in [1.82, 2.24) is 20.4 Å². The molecule has 3 amide bonds. The first-order chi connectivity index (χ1) is 18.0. The maximum atomic E-state index is 13.6. The van der Waals surface area contributed by atoms with Gasteiger partial charge >= 0.3 is 6.03 Å². The minimum atomic E-state index is -0.703. The quantitative estimate of drug-likeness (QED) is 0.443. The SMILES string of the molecule is O=C(Nc1cn[nH]c1C1CCCN(C(=O)N[C@H]2CCC[C@H]2Oc2cc(F)cc(F)c2)C1)c1ccccc1. The van der Waals surface area contributed by atoms with E-state index in [0.29, 0.717) is 30.8 Å². The molecule has 1 aliphatic carbocycles. The predicted molar refractivity (Wildman–Crippen MR) is 133 cm³/mol. The number of nitrogens with zero attached hydrogens (tertiary/aromatic N) is 2. The van der Waals surface area contributed by atoms with Crippen molar-refractivity contribution in [3.05, 3.63) is 77.6 Å². The summed E-state index contributed by atoms with van der Waals surface area (Å²) >= 11 is 0. The fourth-order valence-electron chi connectivity index (χ4n) is 5.14. The van der Waals surface area contributed by atoms with Crippen molar-refractivity contribution in [3.8, 4) is 5.75 Å². The molecule has 37 heavy (non-hydrogen) atoms. The fourth-order valence-corrected chi connectivity index (χ4v) is 5.14. The number of carbonyl (C=O) groups excluding carboxylic acids is 2. The summed E-state index contributed by atoms with van der Waals surface area (Å²) < 4.78 is 33.0. The smallest absolute Gasteiger partial charge is 0.317 e. The highest BCUT2D eigenvalue weighted by Gasteiger charge is 2.34. The first kappa shape index (κ1) is 24.7. The van der Waals surface area contributed by atoms with E-state index in [1.807, 2.05) is 6.07 Å². The normalized spacial score (nSPS) is 21.5. The molecule has 2 aromatic carbocycles. The highest BCUT2D eigenvalue weighted by Crippen LogP contribution is 2.31. The Labute approximate surface area is 213 Å². The topological polar surface area (TPSA) is 99.4 Å². The van der Waals surface area contributed by atoms with E-state index in [2.05, 4.69) is 20.8 Å². The second-order valence-electron chi connectivity index (χ2n) is 9.55. The van der Waals surface area contributed by atoms with Gasteiger partial charge < -0.3 is 20.3 Å². The molecule has 0 radical (unpaired) electrons. The Morgan fingerprint density at radius 2 is 1.81 bits per heavy atom. The van der Waals surface area contributed by atoms with Crippen molar-refractivity contribution in [2.45, 2.75) is 50.2 Å². The van der Waals surface area contributed by atoms with Crippen molar-refractivity contribution in [2.75, 3.05) is 18.4 Å². The van der Waals surface area contributed by atoms with Gasteiger partial charge in [0.1, 0.15) is 23.5 Å². The molecule has 5 rings (SSSR count). The Hall–Kier alpha value is -3.95. The summed E-state index contributed by atoms with van der Waals surface area (Å²) in [5, 5.41) is 13.1. The molecule has 0 spiro atoms.